The maximum atomic E-state index is 12.5. The van der Waals surface area contributed by atoms with E-state index in [1.54, 1.807) is 0 Å². The van der Waals surface area contributed by atoms with Gasteiger partial charge < -0.3 is 5.32 Å². The van der Waals surface area contributed by atoms with Crippen LogP contribution in [0.3, 0.4) is 0 Å². The van der Waals surface area contributed by atoms with E-state index in [-0.39, 0.29) is 0 Å². The number of rotatable bonds is 9. The highest BCUT2D eigenvalue weighted by Gasteiger charge is 2.84. The summed E-state index contributed by atoms with van der Waals surface area (Å²) in [5, 5.41) is -3.88. The smallest absolute Gasteiger partial charge is 0.310 e. The third kappa shape index (κ3) is 5.60. The summed E-state index contributed by atoms with van der Waals surface area (Å²) in [6.45, 7) is 5.36. The molecule has 0 aromatic heterocycles. The van der Waals surface area contributed by atoms with Gasteiger partial charge in [0.25, 0.3) is 0 Å². The average molecular weight is 411 g/mol. The molecule has 0 aliphatic heterocycles. The van der Waals surface area contributed by atoms with Crippen molar-refractivity contribution in [3.8, 4) is 0 Å². The summed E-state index contributed by atoms with van der Waals surface area (Å²) >= 11 is 0. The molecule has 0 saturated carbocycles. The zero-order valence-electron chi connectivity index (χ0n) is 12.3. The van der Waals surface area contributed by atoms with Crippen molar-refractivity contribution < 1.29 is 52.5 Å². The molecule has 14 heteroatoms. The van der Waals surface area contributed by atoms with Crippen LogP contribution < -0.4 is 5.32 Å². The first-order valence-electron chi connectivity index (χ1n) is 5.94. The predicted octanol–water partition coefficient (Wildman–Crippen LogP) is 3.29. The van der Waals surface area contributed by atoms with E-state index in [1.807, 2.05) is 12.2 Å². The van der Waals surface area contributed by atoms with Gasteiger partial charge in [0.1, 0.15) is 0 Å². The minimum absolute atomic E-state index is 0.867. The second kappa shape index (κ2) is 8.89. The highest BCUT2D eigenvalue weighted by atomic mass is 32.2. The van der Waals surface area contributed by atoms with E-state index in [1.165, 1.54) is 0 Å². The molecule has 0 bridgehead atoms. The van der Waals surface area contributed by atoms with Gasteiger partial charge in [-0.15, -0.1) is 13.2 Å². The minimum Gasteiger partial charge on any atom is -0.310 e. The first-order valence-corrected chi connectivity index (χ1v) is 7.38. The van der Waals surface area contributed by atoms with Crippen molar-refractivity contribution in [1.29, 1.82) is 0 Å². The lowest BCUT2D eigenvalue weighted by molar-refractivity contribution is -0.350. The highest BCUT2D eigenvalue weighted by molar-refractivity contribution is 7.87. The Balaban J connectivity index is 0. The van der Waals surface area contributed by atoms with Crippen LogP contribution in [0.4, 0.5) is 39.5 Å². The molecule has 0 atom stereocenters. The molecular weight excluding hydrogens is 397 g/mol. The van der Waals surface area contributed by atoms with E-state index in [9.17, 15) is 47.9 Å². The molecule has 0 aromatic carbocycles. The monoisotopic (exact) mass is 411 g/mol. The molecule has 2 N–H and O–H groups in total. The molecule has 0 heterocycles. The van der Waals surface area contributed by atoms with E-state index >= 15 is 0 Å². The maximum absolute atomic E-state index is 12.5. The molecule has 4 nitrogen and oxygen atoms in total. The van der Waals surface area contributed by atoms with E-state index in [2.05, 4.69) is 18.5 Å². The van der Waals surface area contributed by atoms with Gasteiger partial charge in [0.15, 0.2) is 6.67 Å². The number of hydrogen-bond acceptors (Lipinski definition) is 3. The van der Waals surface area contributed by atoms with Crippen LogP contribution in [0.5, 0.6) is 0 Å². The maximum Gasteiger partial charge on any atom is 0.438 e. The first kappa shape index (κ1) is 26.0. The first-order chi connectivity index (χ1) is 11.0. The molecule has 0 saturated heterocycles. The third-order valence-corrected chi connectivity index (χ3v) is 3.19. The van der Waals surface area contributed by atoms with Crippen molar-refractivity contribution in [3.63, 3.8) is 0 Å². The van der Waals surface area contributed by atoms with Gasteiger partial charge in [0, 0.05) is 13.1 Å². The second-order valence-electron chi connectivity index (χ2n) is 4.21. The Morgan fingerprint density at radius 2 is 1.24 bits per heavy atom. The standard InChI is InChI=1S/C6H11N.C5H3F9O3S/c1-3-5-7-6-4-2;6-1-2(7,8)3(9,10)4(11,12)5(13,14)18(15,16)17/h3-4,7H,1-2,5-6H2;1H2,(H,15,16,17). The second-order valence-corrected chi connectivity index (χ2v) is 5.68. The summed E-state index contributed by atoms with van der Waals surface area (Å²) in [4.78, 5) is 0. The van der Waals surface area contributed by atoms with Crippen molar-refractivity contribution >= 4 is 10.1 Å². The lowest BCUT2D eigenvalue weighted by Gasteiger charge is -2.34. The lowest BCUT2D eigenvalue weighted by atomic mass is 10.1. The van der Waals surface area contributed by atoms with Gasteiger partial charge in [0.2, 0.25) is 0 Å². The van der Waals surface area contributed by atoms with E-state index in [0.717, 1.165) is 13.1 Å². The third-order valence-electron chi connectivity index (χ3n) is 2.29. The number of halogens is 9. The van der Waals surface area contributed by atoms with Gasteiger partial charge in [-0.2, -0.15) is 43.5 Å². The fourth-order valence-electron chi connectivity index (χ4n) is 0.946. The largest absolute Gasteiger partial charge is 0.438 e. The summed E-state index contributed by atoms with van der Waals surface area (Å²) in [6.07, 6.45) is 3.65. The Kier molecular flexibility index (Phi) is 9.23. The zero-order chi connectivity index (χ0) is 20.7. The molecule has 0 aliphatic carbocycles. The Morgan fingerprint density at radius 3 is 1.48 bits per heavy atom. The van der Waals surface area contributed by atoms with Gasteiger partial charge in [-0.3, -0.25) is 4.55 Å². The van der Waals surface area contributed by atoms with Gasteiger partial charge >= 0.3 is 33.1 Å². The SMILES string of the molecule is C=CCNCC=C.O=S(=O)(O)C(F)(F)C(F)(F)C(F)(F)C(F)(F)CF. The van der Waals surface area contributed by atoms with Crippen LogP contribution in [0.1, 0.15) is 0 Å². The normalized spacial score (nSPS) is 13.7. The van der Waals surface area contributed by atoms with Crippen LogP contribution in [0.2, 0.25) is 0 Å². The Bertz CT molecular complexity index is 541. The highest BCUT2D eigenvalue weighted by Crippen LogP contribution is 2.54. The number of hydrogen-bond donors (Lipinski definition) is 2. The van der Waals surface area contributed by atoms with E-state index in [0.29, 0.717) is 0 Å². The van der Waals surface area contributed by atoms with Crippen molar-refractivity contribution in [2.45, 2.75) is 23.0 Å². The summed E-state index contributed by atoms with van der Waals surface area (Å²) < 4.78 is 137. The Hall–Kier alpha value is -1.28. The molecule has 0 spiro atoms. The molecule has 0 fully saturated rings. The van der Waals surface area contributed by atoms with Crippen molar-refractivity contribution in [2.75, 3.05) is 19.8 Å². The fraction of sp³-hybridized carbons (Fsp3) is 0.636. The summed E-state index contributed by atoms with van der Waals surface area (Å²) in [5.74, 6) is -20.5. The van der Waals surface area contributed by atoms with Crippen LogP contribution in [-0.2, 0) is 10.1 Å². The van der Waals surface area contributed by atoms with Crippen molar-refractivity contribution in [1.82, 2.24) is 5.32 Å². The van der Waals surface area contributed by atoms with Crippen LogP contribution in [0.25, 0.3) is 0 Å². The number of nitrogens with one attached hydrogen (secondary N) is 1. The van der Waals surface area contributed by atoms with Crippen LogP contribution in [-0.4, -0.2) is 55.8 Å². The van der Waals surface area contributed by atoms with Gasteiger partial charge in [-0.25, -0.2) is 4.39 Å². The average Bonchev–Trinajstić information content (AvgIpc) is 2.46. The molecule has 0 aromatic rings. The molecule has 150 valence electrons. The quantitative estimate of drug-likeness (QED) is 0.265. The van der Waals surface area contributed by atoms with Gasteiger partial charge in [0.05, 0.1) is 0 Å². The van der Waals surface area contributed by atoms with E-state index < -0.39 is 39.8 Å². The topological polar surface area (TPSA) is 66.4 Å². The van der Waals surface area contributed by atoms with Crippen molar-refractivity contribution in [3.05, 3.63) is 25.3 Å². The lowest BCUT2D eigenvalue weighted by Crippen LogP contribution is -2.64. The molecule has 0 unspecified atom stereocenters. The minimum atomic E-state index is -7.23. The Labute approximate surface area is 137 Å². The summed E-state index contributed by atoms with van der Waals surface area (Å²) in [7, 11) is -7.13. The molecule has 0 radical (unpaired) electrons. The molecule has 25 heavy (non-hydrogen) atoms. The van der Waals surface area contributed by atoms with Crippen LogP contribution in [0, 0.1) is 0 Å². The summed E-state index contributed by atoms with van der Waals surface area (Å²) in [6, 6.07) is 0. The zero-order valence-corrected chi connectivity index (χ0v) is 13.1. The van der Waals surface area contributed by atoms with Gasteiger partial charge in [-0.1, -0.05) is 12.2 Å². The van der Waals surface area contributed by atoms with Crippen LogP contribution >= 0.6 is 0 Å². The summed E-state index contributed by atoms with van der Waals surface area (Å²) in [5.41, 5.74) is 0. The molecule has 0 rings (SSSR count). The van der Waals surface area contributed by atoms with Gasteiger partial charge in [-0.05, 0) is 0 Å². The molecule has 0 amide bonds. The van der Waals surface area contributed by atoms with E-state index in [4.69, 9.17) is 4.55 Å². The predicted molar refractivity (Wildman–Crippen MR) is 70.6 cm³/mol. The van der Waals surface area contributed by atoms with Crippen LogP contribution in [0.15, 0.2) is 25.3 Å². The number of alkyl halides is 9. The Morgan fingerprint density at radius 1 is 0.880 bits per heavy atom. The molecular formula is C11H14F9NO3S. The fourth-order valence-corrected chi connectivity index (χ4v) is 1.40. The molecule has 0 aliphatic rings. The van der Waals surface area contributed by atoms with Crippen molar-refractivity contribution in [2.24, 2.45) is 0 Å².